The molecule has 0 aliphatic heterocycles. The van der Waals surface area contributed by atoms with Gasteiger partial charge in [-0.15, -0.1) is 0 Å². The van der Waals surface area contributed by atoms with Crippen molar-refractivity contribution >= 4 is 0 Å². The molecular weight excluding hydrogens is 168 g/mol. The van der Waals surface area contributed by atoms with Crippen molar-refractivity contribution in [2.24, 2.45) is 0 Å². The monoisotopic (exact) mass is 188 g/mol. The van der Waals surface area contributed by atoms with E-state index in [4.69, 9.17) is 0 Å². The van der Waals surface area contributed by atoms with E-state index in [0.717, 1.165) is 6.42 Å². The Morgan fingerprint density at radius 1 is 0.929 bits per heavy atom. The third-order valence-electron chi connectivity index (χ3n) is 1.75. The van der Waals surface area contributed by atoms with E-state index in [-0.39, 0.29) is 0 Å². The lowest BCUT2D eigenvalue weighted by Gasteiger charge is -1.89. The average Bonchev–Trinajstić information content (AvgIpc) is 2.28. The smallest absolute Gasteiger partial charge is 0.0307 e. The maximum absolute atomic E-state index is 2.16. The van der Waals surface area contributed by atoms with Gasteiger partial charge < -0.3 is 0 Å². The van der Waals surface area contributed by atoms with Gasteiger partial charge in [0.05, 0.1) is 0 Å². The first kappa shape index (κ1) is 12.7. The van der Waals surface area contributed by atoms with Crippen molar-refractivity contribution in [1.82, 2.24) is 0 Å². The largest absolute Gasteiger partial charge is 0.0877 e. The van der Waals surface area contributed by atoms with E-state index in [1.807, 2.05) is 44.2 Å². The molecule has 1 aromatic carbocycles. The number of hydrogen-bond donors (Lipinski definition) is 0. The Kier molecular flexibility index (Phi) is 8.88. The highest BCUT2D eigenvalue weighted by Gasteiger charge is 1.79. The summed E-state index contributed by atoms with van der Waals surface area (Å²) in [5, 5.41) is 0. The van der Waals surface area contributed by atoms with Crippen LogP contribution in [0.15, 0.2) is 54.6 Å². The van der Waals surface area contributed by atoms with E-state index >= 15 is 0 Å². The van der Waals surface area contributed by atoms with Gasteiger partial charge in [0.15, 0.2) is 0 Å². The third-order valence-corrected chi connectivity index (χ3v) is 1.75. The highest BCUT2D eigenvalue weighted by molar-refractivity contribution is 5.13. The zero-order valence-electron chi connectivity index (χ0n) is 9.40. The van der Waals surface area contributed by atoms with E-state index in [0.29, 0.717) is 0 Å². The van der Waals surface area contributed by atoms with Gasteiger partial charge in [0, 0.05) is 0 Å². The van der Waals surface area contributed by atoms with E-state index < -0.39 is 0 Å². The first-order chi connectivity index (χ1) is 6.85. The predicted octanol–water partition coefficient (Wildman–Crippen LogP) is 4.39. The van der Waals surface area contributed by atoms with Gasteiger partial charge in [-0.2, -0.15) is 0 Å². The SMILES string of the molecule is CC=CC=CC.CCc1ccccc1. The molecule has 0 spiro atoms. The molecule has 0 aliphatic rings. The van der Waals surface area contributed by atoms with Gasteiger partial charge in [0.25, 0.3) is 0 Å². The Morgan fingerprint density at radius 3 is 1.71 bits per heavy atom. The second-order valence-corrected chi connectivity index (χ2v) is 2.89. The fraction of sp³-hybridized carbons (Fsp3) is 0.286. The summed E-state index contributed by atoms with van der Waals surface area (Å²) in [5.41, 5.74) is 1.41. The number of allylic oxidation sites excluding steroid dienone is 4. The highest BCUT2D eigenvalue weighted by atomic mass is 13.9. The fourth-order valence-corrected chi connectivity index (χ4v) is 0.936. The maximum Gasteiger partial charge on any atom is -0.0307 e. The van der Waals surface area contributed by atoms with Crippen LogP contribution in [0.5, 0.6) is 0 Å². The second-order valence-electron chi connectivity index (χ2n) is 2.89. The molecule has 0 radical (unpaired) electrons. The zero-order chi connectivity index (χ0) is 10.6. The number of rotatable bonds is 2. The molecule has 0 fully saturated rings. The van der Waals surface area contributed by atoms with Crippen LogP contribution in [0, 0.1) is 0 Å². The first-order valence-corrected chi connectivity index (χ1v) is 5.13. The van der Waals surface area contributed by atoms with E-state index in [9.17, 15) is 0 Å². The van der Waals surface area contributed by atoms with Crippen LogP contribution in [0.3, 0.4) is 0 Å². The molecule has 76 valence electrons. The average molecular weight is 188 g/mol. The molecule has 0 unspecified atom stereocenters. The Bertz CT molecular complexity index is 245. The lowest BCUT2D eigenvalue weighted by molar-refractivity contribution is 1.14. The Morgan fingerprint density at radius 2 is 1.43 bits per heavy atom. The van der Waals surface area contributed by atoms with Crippen molar-refractivity contribution < 1.29 is 0 Å². The molecule has 0 heteroatoms. The minimum atomic E-state index is 1.14. The molecular formula is C14H20. The van der Waals surface area contributed by atoms with Crippen LogP contribution in [0.1, 0.15) is 26.3 Å². The summed E-state index contributed by atoms with van der Waals surface area (Å²) in [7, 11) is 0. The number of aryl methyl sites for hydroxylation is 1. The Labute approximate surface area is 88.0 Å². The molecule has 0 saturated carbocycles. The van der Waals surface area contributed by atoms with Gasteiger partial charge in [-0.1, -0.05) is 61.6 Å². The summed E-state index contributed by atoms with van der Waals surface area (Å²) in [4.78, 5) is 0. The lowest BCUT2D eigenvalue weighted by atomic mass is 10.2. The Balaban J connectivity index is 0.000000255. The molecule has 0 atom stereocenters. The summed E-state index contributed by atoms with van der Waals surface area (Å²) in [6, 6.07) is 10.5. The molecule has 14 heavy (non-hydrogen) atoms. The zero-order valence-corrected chi connectivity index (χ0v) is 9.40. The van der Waals surface area contributed by atoms with Crippen LogP contribution in [0.4, 0.5) is 0 Å². The van der Waals surface area contributed by atoms with Gasteiger partial charge in [-0.25, -0.2) is 0 Å². The van der Waals surface area contributed by atoms with Crippen LogP contribution < -0.4 is 0 Å². The minimum absolute atomic E-state index is 1.14. The molecule has 0 N–H and O–H groups in total. The molecule has 0 aromatic heterocycles. The van der Waals surface area contributed by atoms with Gasteiger partial charge in [-0.3, -0.25) is 0 Å². The third kappa shape index (κ3) is 7.35. The lowest BCUT2D eigenvalue weighted by Crippen LogP contribution is -1.73. The van der Waals surface area contributed by atoms with E-state index in [2.05, 4.69) is 31.2 Å². The molecule has 0 heterocycles. The number of hydrogen-bond acceptors (Lipinski definition) is 0. The van der Waals surface area contributed by atoms with Crippen molar-refractivity contribution in [1.29, 1.82) is 0 Å². The molecule has 0 nitrogen and oxygen atoms in total. The quantitative estimate of drug-likeness (QED) is 0.604. The fourth-order valence-electron chi connectivity index (χ4n) is 0.936. The summed E-state index contributed by atoms with van der Waals surface area (Å²) in [6.45, 7) is 6.16. The van der Waals surface area contributed by atoms with Crippen molar-refractivity contribution in [3.05, 3.63) is 60.2 Å². The van der Waals surface area contributed by atoms with Crippen LogP contribution in [-0.4, -0.2) is 0 Å². The molecule has 0 aliphatic carbocycles. The van der Waals surface area contributed by atoms with Gasteiger partial charge in [0.2, 0.25) is 0 Å². The standard InChI is InChI=1S/C8H10.C6H10/c1-2-8-6-4-3-5-7-8;1-3-5-6-4-2/h3-7H,2H2,1H3;3-6H,1-2H3. The van der Waals surface area contributed by atoms with Crippen LogP contribution in [0.25, 0.3) is 0 Å². The minimum Gasteiger partial charge on any atom is -0.0877 e. The van der Waals surface area contributed by atoms with Gasteiger partial charge >= 0.3 is 0 Å². The first-order valence-electron chi connectivity index (χ1n) is 5.13. The molecule has 0 amide bonds. The highest BCUT2D eigenvalue weighted by Crippen LogP contribution is 1.96. The maximum atomic E-state index is 2.16. The predicted molar refractivity (Wildman–Crippen MR) is 65.4 cm³/mol. The summed E-state index contributed by atoms with van der Waals surface area (Å²) < 4.78 is 0. The van der Waals surface area contributed by atoms with Crippen molar-refractivity contribution in [3.63, 3.8) is 0 Å². The summed E-state index contributed by atoms with van der Waals surface area (Å²) in [6.07, 6.45) is 9.14. The molecule has 0 saturated heterocycles. The molecule has 0 bridgehead atoms. The van der Waals surface area contributed by atoms with Crippen LogP contribution in [-0.2, 0) is 6.42 Å². The summed E-state index contributed by atoms with van der Waals surface area (Å²) in [5.74, 6) is 0. The second kappa shape index (κ2) is 9.79. The number of benzene rings is 1. The van der Waals surface area contributed by atoms with Crippen LogP contribution in [0.2, 0.25) is 0 Å². The van der Waals surface area contributed by atoms with E-state index in [1.54, 1.807) is 0 Å². The van der Waals surface area contributed by atoms with Gasteiger partial charge in [-0.05, 0) is 25.8 Å². The molecule has 1 rings (SSSR count). The topological polar surface area (TPSA) is 0 Å². The summed E-state index contributed by atoms with van der Waals surface area (Å²) >= 11 is 0. The van der Waals surface area contributed by atoms with Crippen molar-refractivity contribution in [2.75, 3.05) is 0 Å². The van der Waals surface area contributed by atoms with E-state index in [1.165, 1.54) is 5.56 Å². The van der Waals surface area contributed by atoms with Gasteiger partial charge in [0.1, 0.15) is 0 Å². The normalized spacial score (nSPS) is 10.2. The van der Waals surface area contributed by atoms with Crippen molar-refractivity contribution in [2.45, 2.75) is 27.2 Å². The van der Waals surface area contributed by atoms with Crippen LogP contribution >= 0.6 is 0 Å². The Hall–Kier alpha value is -1.30. The van der Waals surface area contributed by atoms with Crippen molar-refractivity contribution in [3.8, 4) is 0 Å². The molecule has 1 aromatic rings.